The van der Waals surface area contributed by atoms with Crippen molar-refractivity contribution in [1.29, 1.82) is 0 Å². The van der Waals surface area contributed by atoms with Crippen LogP contribution in [-0.2, 0) is 4.74 Å². The van der Waals surface area contributed by atoms with Gasteiger partial charge in [-0.05, 0) is 36.9 Å². The van der Waals surface area contributed by atoms with Crippen molar-refractivity contribution in [2.24, 2.45) is 0 Å². The van der Waals surface area contributed by atoms with Crippen LogP contribution in [0.5, 0.6) is 0 Å². The van der Waals surface area contributed by atoms with Crippen LogP contribution in [0.3, 0.4) is 0 Å². The number of carbonyl (C=O) groups is 3. The summed E-state index contributed by atoms with van der Waals surface area (Å²) >= 11 is 0. The third-order valence-electron chi connectivity index (χ3n) is 6.08. The van der Waals surface area contributed by atoms with Crippen LogP contribution in [0.4, 0.5) is 0 Å². The van der Waals surface area contributed by atoms with Gasteiger partial charge in [-0.25, -0.2) is 9.78 Å². The molecule has 6 nitrogen and oxygen atoms in total. The van der Waals surface area contributed by atoms with Gasteiger partial charge in [-0.1, -0.05) is 66.7 Å². The van der Waals surface area contributed by atoms with E-state index in [0.717, 1.165) is 16.3 Å². The summed E-state index contributed by atoms with van der Waals surface area (Å²) in [5.74, 6) is -1.30. The van der Waals surface area contributed by atoms with Crippen molar-refractivity contribution in [1.82, 2.24) is 9.88 Å². The first-order valence-electron chi connectivity index (χ1n) is 11.1. The number of benzene rings is 3. The van der Waals surface area contributed by atoms with E-state index in [1.807, 2.05) is 54.6 Å². The van der Waals surface area contributed by atoms with Gasteiger partial charge < -0.3 is 4.74 Å². The van der Waals surface area contributed by atoms with Crippen molar-refractivity contribution >= 4 is 28.6 Å². The first kappa shape index (κ1) is 21.5. The molecular formula is C28H22N2O4. The molecule has 0 aliphatic carbocycles. The molecule has 34 heavy (non-hydrogen) atoms. The summed E-state index contributed by atoms with van der Waals surface area (Å²) in [6, 6.07) is 23.2. The fourth-order valence-corrected chi connectivity index (χ4v) is 4.53. The Hall–Kier alpha value is -4.32. The molecule has 0 saturated heterocycles. The first-order valence-corrected chi connectivity index (χ1v) is 11.1. The highest BCUT2D eigenvalue weighted by Crippen LogP contribution is 2.38. The summed E-state index contributed by atoms with van der Waals surface area (Å²) in [4.78, 5) is 45.3. The predicted octanol–water partition coefficient (Wildman–Crippen LogP) is 5.44. The summed E-state index contributed by atoms with van der Waals surface area (Å²) in [7, 11) is 0. The first-order chi connectivity index (χ1) is 16.5. The number of carbonyl (C=O) groups excluding carboxylic acids is 3. The fourth-order valence-electron chi connectivity index (χ4n) is 4.53. The van der Waals surface area contributed by atoms with Gasteiger partial charge in [0, 0.05) is 10.9 Å². The van der Waals surface area contributed by atoms with Gasteiger partial charge >= 0.3 is 5.97 Å². The third-order valence-corrected chi connectivity index (χ3v) is 6.08. The highest BCUT2D eigenvalue weighted by atomic mass is 16.5. The Balaban J connectivity index is 1.74. The Bertz CT molecular complexity index is 1410. The molecule has 0 radical (unpaired) electrons. The summed E-state index contributed by atoms with van der Waals surface area (Å²) in [6.07, 6.45) is 0. The molecule has 1 aromatic heterocycles. The van der Waals surface area contributed by atoms with Gasteiger partial charge in [-0.15, -0.1) is 0 Å². The SMILES string of the molecule is CCOC(=O)c1nc(C(C)N2C(=O)c3ccccc3C2=O)c2ccccc2c1-c1ccccc1. The van der Waals surface area contributed by atoms with E-state index in [2.05, 4.69) is 0 Å². The minimum atomic E-state index is -0.699. The number of hydrogen-bond donors (Lipinski definition) is 0. The number of ether oxygens (including phenoxy) is 1. The summed E-state index contributed by atoms with van der Waals surface area (Å²) < 4.78 is 5.34. The van der Waals surface area contributed by atoms with Crippen LogP contribution in [-0.4, -0.2) is 34.3 Å². The third kappa shape index (κ3) is 3.35. The quantitative estimate of drug-likeness (QED) is 0.299. The average Bonchev–Trinajstić information content (AvgIpc) is 3.13. The normalized spacial score (nSPS) is 13.8. The van der Waals surface area contributed by atoms with Crippen molar-refractivity contribution in [3.63, 3.8) is 0 Å². The second-order valence-corrected chi connectivity index (χ2v) is 8.05. The maximum Gasteiger partial charge on any atom is 0.357 e. The van der Waals surface area contributed by atoms with E-state index < -0.39 is 12.0 Å². The van der Waals surface area contributed by atoms with Crippen molar-refractivity contribution < 1.29 is 19.1 Å². The molecule has 6 heteroatoms. The average molecular weight is 450 g/mol. The molecule has 1 aliphatic rings. The van der Waals surface area contributed by atoms with Gasteiger partial charge in [0.15, 0.2) is 5.69 Å². The van der Waals surface area contributed by atoms with Crippen LogP contribution < -0.4 is 0 Å². The zero-order valence-corrected chi connectivity index (χ0v) is 18.8. The number of fused-ring (bicyclic) bond motifs is 2. The summed E-state index contributed by atoms with van der Waals surface area (Å²) in [5.41, 5.74) is 2.85. The lowest BCUT2D eigenvalue weighted by Crippen LogP contribution is -2.33. The monoisotopic (exact) mass is 450 g/mol. The molecule has 1 unspecified atom stereocenters. The van der Waals surface area contributed by atoms with E-state index in [0.29, 0.717) is 22.4 Å². The number of pyridine rings is 1. The number of imide groups is 1. The Labute approximate surface area is 196 Å². The molecule has 0 saturated carbocycles. The molecule has 5 rings (SSSR count). The smallest absolute Gasteiger partial charge is 0.357 e. The molecule has 0 N–H and O–H groups in total. The van der Waals surface area contributed by atoms with Gasteiger partial charge in [-0.2, -0.15) is 0 Å². The van der Waals surface area contributed by atoms with Crippen molar-refractivity contribution in [2.75, 3.05) is 6.61 Å². The minimum Gasteiger partial charge on any atom is -0.461 e. The highest BCUT2D eigenvalue weighted by Gasteiger charge is 2.40. The van der Waals surface area contributed by atoms with Crippen molar-refractivity contribution in [3.05, 3.63) is 101 Å². The Morgan fingerprint density at radius 1 is 0.853 bits per heavy atom. The Morgan fingerprint density at radius 2 is 1.41 bits per heavy atom. The zero-order chi connectivity index (χ0) is 23.8. The van der Waals surface area contributed by atoms with E-state index in [1.165, 1.54) is 4.90 Å². The molecule has 4 aromatic rings. The molecular weight excluding hydrogens is 428 g/mol. The maximum atomic E-state index is 13.2. The number of aromatic nitrogens is 1. The van der Waals surface area contributed by atoms with Crippen LogP contribution in [0, 0.1) is 0 Å². The molecule has 0 spiro atoms. The number of hydrogen-bond acceptors (Lipinski definition) is 5. The van der Waals surface area contributed by atoms with Gasteiger partial charge in [0.05, 0.1) is 29.5 Å². The lowest BCUT2D eigenvalue weighted by molar-refractivity contribution is 0.0520. The van der Waals surface area contributed by atoms with Crippen LogP contribution in [0.15, 0.2) is 78.9 Å². The molecule has 2 heterocycles. The van der Waals surface area contributed by atoms with Gasteiger partial charge in [-0.3, -0.25) is 14.5 Å². The Kier molecular flexibility index (Phi) is 5.42. The van der Waals surface area contributed by atoms with Crippen LogP contribution >= 0.6 is 0 Å². The highest BCUT2D eigenvalue weighted by molar-refractivity contribution is 6.21. The zero-order valence-electron chi connectivity index (χ0n) is 18.8. The minimum absolute atomic E-state index is 0.158. The summed E-state index contributed by atoms with van der Waals surface area (Å²) in [6.45, 7) is 3.70. The van der Waals surface area contributed by atoms with E-state index >= 15 is 0 Å². The van der Waals surface area contributed by atoms with Crippen LogP contribution in [0.1, 0.15) is 56.8 Å². The lowest BCUT2D eigenvalue weighted by Gasteiger charge is -2.25. The van der Waals surface area contributed by atoms with Gasteiger partial charge in [0.25, 0.3) is 11.8 Å². The van der Waals surface area contributed by atoms with Gasteiger partial charge in [0.1, 0.15) is 0 Å². The molecule has 3 aromatic carbocycles. The topological polar surface area (TPSA) is 76.6 Å². The molecule has 0 bridgehead atoms. The largest absolute Gasteiger partial charge is 0.461 e. The van der Waals surface area contributed by atoms with E-state index in [4.69, 9.17) is 9.72 Å². The van der Waals surface area contributed by atoms with E-state index in [1.54, 1.807) is 38.1 Å². The second-order valence-electron chi connectivity index (χ2n) is 8.05. The number of amides is 2. The molecule has 0 fully saturated rings. The maximum absolute atomic E-state index is 13.2. The number of rotatable bonds is 5. The lowest BCUT2D eigenvalue weighted by atomic mass is 9.94. The molecule has 1 atom stereocenters. The number of esters is 1. The second kappa shape index (κ2) is 8.56. The Morgan fingerprint density at radius 3 is 2.03 bits per heavy atom. The van der Waals surface area contributed by atoms with E-state index in [-0.39, 0.29) is 24.1 Å². The van der Waals surface area contributed by atoms with Crippen molar-refractivity contribution in [2.45, 2.75) is 19.9 Å². The molecule has 2 amide bonds. The van der Waals surface area contributed by atoms with Crippen LogP contribution in [0.2, 0.25) is 0 Å². The van der Waals surface area contributed by atoms with E-state index in [9.17, 15) is 14.4 Å². The summed E-state index contributed by atoms with van der Waals surface area (Å²) in [5, 5.41) is 1.56. The van der Waals surface area contributed by atoms with Crippen molar-refractivity contribution in [3.8, 4) is 11.1 Å². The molecule has 168 valence electrons. The van der Waals surface area contributed by atoms with Crippen LogP contribution in [0.25, 0.3) is 21.9 Å². The fraction of sp³-hybridized carbons (Fsp3) is 0.143. The molecule has 1 aliphatic heterocycles. The predicted molar refractivity (Wildman–Crippen MR) is 128 cm³/mol. The van der Waals surface area contributed by atoms with Gasteiger partial charge in [0.2, 0.25) is 0 Å². The number of nitrogens with zero attached hydrogens (tertiary/aromatic N) is 2. The standard InChI is InChI=1S/C28H22N2O4/c1-3-34-28(33)25-23(18-11-5-4-6-12-18)19-13-7-8-14-20(19)24(29-25)17(2)30-26(31)21-15-9-10-16-22(21)27(30)32/h4-17H,3H2,1-2H3.